The molecule has 1 aromatic rings. The average Bonchev–Trinajstić information content (AvgIpc) is 2.44. The van der Waals surface area contributed by atoms with Crippen molar-refractivity contribution in [3.05, 3.63) is 29.8 Å². The fourth-order valence-electron chi connectivity index (χ4n) is 2.05. The normalized spacial score (nSPS) is 13.3. The van der Waals surface area contributed by atoms with Crippen LogP contribution in [0, 0.1) is 0 Å². The fraction of sp³-hybridized carbons (Fsp3) is 0.600. The zero-order valence-corrected chi connectivity index (χ0v) is 13.9. The number of aryl methyl sites for hydroxylation is 1. The maximum Gasteiger partial charge on any atom is 0.240 e. The van der Waals surface area contributed by atoms with Crippen LogP contribution < -0.4 is 10.0 Å². The number of ether oxygens (including phenoxy) is 1. The largest absolute Gasteiger partial charge is 0.383 e. The van der Waals surface area contributed by atoms with E-state index in [1.54, 1.807) is 26.2 Å². The molecule has 0 bridgehead atoms. The molecular weight excluding hydrogens is 288 g/mol. The Morgan fingerprint density at radius 2 is 1.90 bits per heavy atom. The van der Waals surface area contributed by atoms with Gasteiger partial charge in [-0.05, 0) is 50.6 Å². The number of benzene rings is 1. The van der Waals surface area contributed by atoms with E-state index < -0.39 is 10.0 Å². The van der Waals surface area contributed by atoms with Crippen molar-refractivity contribution in [2.75, 3.05) is 26.8 Å². The summed E-state index contributed by atoms with van der Waals surface area (Å²) >= 11 is 0. The van der Waals surface area contributed by atoms with Crippen LogP contribution in [-0.2, 0) is 21.2 Å². The number of sulfonamides is 1. The molecule has 2 N–H and O–H groups in total. The number of hydrogen-bond acceptors (Lipinski definition) is 4. The van der Waals surface area contributed by atoms with Gasteiger partial charge < -0.3 is 10.1 Å². The lowest BCUT2D eigenvalue weighted by Crippen LogP contribution is -2.35. The van der Waals surface area contributed by atoms with Crippen LogP contribution in [0.2, 0.25) is 0 Å². The van der Waals surface area contributed by atoms with Gasteiger partial charge in [0, 0.05) is 13.2 Å². The monoisotopic (exact) mass is 314 g/mol. The van der Waals surface area contributed by atoms with Crippen molar-refractivity contribution in [3.8, 4) is 0 Å². The van der Waals surface area contributed by atoms with Gasteiger partial charge >= 0.3 is 0 Å². The summed E-state index contributed by atoms with van der Waals surface area (Å²) in [6, 6.07) is 6.82. The highest BCUT2D eigenvalue weighted by atomic mass is 32.2. The van der Waals surface area contributed by atoms with E-state index in [0.717, 1.165) is 31.5 Å². The molecule has 0 aliphatic carbocycles. The highest BCUT2D eigenvalue weighted by molar-refractivity contribution is 7.89. The maximum atomic E-state index is 12.2. The second kappa shape index (κ2) is 9.15. The quantitative estimate of drug-likeness (QED) is 0.643. The Labute approximate surface area is 128 Å². The Morgan fingerprint density at radius 1 is 1.24 bits per heavy atom. The molecule has 120 valence electrons. The third-order valence-corrected chi connectivity index (χ3v) is 4.68. The number of rotatable bonds is 10. The van der Waals surface area contributed by atoms with Crippen molar-refractivity contribution in [1.82, 2.24) is 10.0 Å². The zero-order chi connectivity index (χ0) is 15.7. The van der Waals surface area contributed by atoms with E-state index >= 15 is 0 Å². The lowest BCUT2D eigenvalue weighted by molar-refractivity contribution is 0.180. The van der Waals surface area contributed by atoms with Crippen LogP contribution in [0.15, 0.2) is 29.2 Å². The number of hydrogen-bond donors (Lipinski definition) is 2. The first-order valence-electron chi connectivity index (χ1n) is 7.30. The van der Waals surface area contributed by atoms with Gasteiger partial charge in [-0.15, -0.1) is 0 Å². The molecule has 1 atom stereocenters. The van der Waals surface area contributed by atoms with Gasteiger partial charge in [0.15, 0.2) is 0 Å². The van der Waals surface area contributed by atoms with Crippen LogP contribution in [0.3, 0.4) is 0 Å². The summed E-state index contributed by atoms with van der Waals surface area (Å²) in [7, 11) is -1.92. The third-order valence-electron chi connectivity index (χ3n) is 3.08. The smallest absolute Gasteiger partial charge is 0.240 e. The molecule has 0 fully saturated rings. The van der Waals surface area contributed by atoms with E-state index in [0.29, 0.717) is 11.5 Å². The van der Waals surface area contributed by atoms with Gasteiger partial charge in [-0.3, -0.25) is 0 Å². The Balaban J connectivity index is 2.59. The van der Waals surface area contributed by atoms with E-state index in [1.165, 1.54) is 0 Å². The Kier molecular flexibility index (Phi) is 7.88. The Hall–Kier alpha value is -0.950. The lowest BCUT2D eigenvalue weighted by atomic mass is 10.1. The molecule has 0 aliphatic heterocycles. The van der Waals surface area contributed by atoms with Gasteiger partial charge in [-0.25, -0.2) is 13.1 Å². The predicted molar refractivity (Wildman–Crippen MR) is 85.0 cm³/mol. The van der Waals surface area contributed by atoms with Gasteiger partial charge in [0.05, 0.1) is 11.5 Å². The molecule has 0 spiro atoms. The minimum atomic E-state index is -3.47. The lowest BCUT2D eigenvalue weighted by Gasteiger charge is -2.13. The summed E-state index contributed by atoms with van der Waals surface area (Å²) in [6.45, 7) is 6.16. The van der Waals surface area contributed by atoms with Crippen LogP contribution in [0.25, 0.3) is 0 Å². The summed E-state index contributed by atoms with van der Waals surface area (Å²) in [5, 5.41) is 3.27. The van der Waals surface area contributed by atoms with Gasteiger partial charge in [0.25, 0.3) is 0 Å². The molecule has 1 unspecified atom stereocenters. The molecule has 0 saturated heterocycles. The summed E-state index contributed by atoms with van der Waals surface area (Å²) in [5.41, 5.74) is 1.15. The number of nitrogens with one attached hydrogen (secondary N) is 2. The topological polar surface area (TPSA) is 67.4 Å². The molecule has 1 aromatic carbocycles. The number of methoxy groups -OCH3 is 1. The highest BCUT2D eigenvalue weighted by Gasteiger charge is 2.16. The summed E-state index contributed by atoms with van der Waals surface area (Å²) in [4.78, 5) is 0.292. The van der Waals surface area contributed by atoms with E-state index in [1.807, 2.05) is 12.1 Å². The molecule has 6 heteroatoms. The first-order valence-corrected chi connectivity index (χ1v) is 8.79. The van der Waals surface area contributed by atoms with Gasteiger partial charge in [0.2, 0.25) is 10.0 Å². The van der Waals surface area contributed by atoms with Crippen LogP contribution in [0.5, 0.6) is 0 Å². The average molecular weight is 314 g/mol. The standard InChI is InChI=1S/C15H26N2O3S/c1-4-16-11-5-6-14-7-9-15(10-8-14)21(18,19)17-13(2)12-20-3/h7-10,13,16-17H,4-6,11-12H2,1-3H3. The molecule has 0 heterocycles. The van der Waals surface area contributed by atoms with Crippen molar-refractivity contribution in [1.29, 1.82) is 0 Å². The van der Waals surface area contributed by atoms with E-state index in [-0.39, 0.29) is 6.04 Å². The van der Waals surface area contributed by atoms with E-state index in [4.69, 9.17) is 4.74 Å². The minimum Gasteiger partial charge on any atom is -0.383 e. The van der Waals surface area contributed by atoms with Crippen LogP contribution >= 0.6 is 0 Å². The van der Waals surface area contributed by atoms with Gasteiger partial charge in [-0.1, -0.05) is 19.1 Å². The third kappa shape index (κ3) is 6.56. The van der Waals surface area contributed by atoms with Crippen molar-refractivity contribution in [2.24, 2.45) is 0 Å². The molecule has 0 amide bonds. The molecular formula is C15H26N2O3S. The summed E-state index contributed by atoms with van der Waals surface area (Å²) in [6.07, 6.45) is 1.99. The van der Waals surface area contributed by atoms with E-state index in [2.05, 4.69) is 17.0 Å². The van der Waals surface area contributed by atoms with E-state index in [9.17, 15) is 8.42 Å². The molecule has 0 aliphatic rings. The zero-order valence-electron chi connectivity index (χ0n) is 13.1. The van der Waals surface area contributed by atoms with Crippen LogP contribution in [-0.4, -0.2) is 41.3 Å². The SMILES string of the molecule is CCNCCCc1ccc(S(=O)(=O)NC(C)COC)cc1. The van der Waals surface area contributed by atoms with Gasteiger partial charge in [-0.2, -0.15) is 0 Å². The first-order chi connectivity index (χ1) is 9.99. The Bertz CT molecular complexity index is 500. The molecule has 0 radical (unpaired) electrons. The summed E-state index contributed by atoms with van der Waals surface area (Å²) < 4.78 is 31.8. The molecule has 5 nitrogen and oxygen atoms in total. The molecule has 21 heavy (non-hydrogen) atoms. The second-order valence-electron chi connectivity index (χ2n) is 5.08. The first kappa shape index (κ1) is 18.1. The van der Waals surface area contributed by atoms with Crippen molar-refractivity contribution in [3.63, 3.8) is 0 Å². The fourth-order valence-corrected chi connectivity index (χ4v) is 3.27. The predicted octanol–water partition coefficient (Wildman–Crippen LogP) is 1.54. The second-order valence-corrected chi connectivity index (χ2v) is 6.79. The van der Waals surface area contributed by atoms with Crippen molar-refractivity contribution < 1.29 is 13.2 Å². The van der Waals surface area contributed by atoms with Crippen molar-refractivity contribution >= 4 is 10.0 Å². The van der Waals surface area contributed by atoms with Crippen LogP contribution in [0.4, 0.5) is 0 Å². The summed E-state index contributed by atoms with van der Waals surface area (Å²) in [5.74, 6) is 0. The molecule has 0 saturated carbocycles. The Morgan fingerprint density at radius 3 is 2.48 bits per heavy atom. The van der Waals surface area contributed by atoms with Crippen LogP contribution in [0.1, 0.15) is 25.8 Å². The maximum absolute atomic E-state index is 12.2. The highest BCUT2D eigenvalue weighted by Crippen LogP contribution is 2.12. The van der Waals surface area contributed by atoms with Gasteiger partial charge in [0.1, 0.15) is 0 Å². The molecule has 0 aromatic heterocycles. The van der Waals surface area contributed by atoms with Crippen molar-refractivity contribution in [2.45, 2.75) is 37.6 Å². The molecule has 1 rings (SSSR count). The minimum absolute atomic E-state index is 0.250.